The number of cyclic esters (lactones) is 1. The molecule has 0 bridgehead atoms. The van der Waals surface area contributed by atoms with Crippen molar-refractivity contribution in [1.82, 2.24) is 10.6 Å². The van der Waals surface area contributed by atoms with Gasteiger partial charge < -0.3 is 40.4 Å². The molecule has 1 aliphatic carbocycles. The summed E-state index contributed by atoms with van der Waals surface area (Å²) in [5.41, 5.74) is 8.76. The van der Waals surface area contributed by atoms with Crippen LogP contribution in [0.25, 0.3) is 0 Å². The monoisotopic (exact) mass is 581 g/mol. The first-order valence-corrected chi connectivity index (χ1v) is 15.1. The molecule has 1 amide bonds. The Morgan fingerprint density at radius 1 is 1.00 bits per heavy atom. The van der Waals surface area contributed by atoms with E-state index in [9.17, 15) is 14.7 Å². The maximum atomic E-state index is 13.3. The van der Waals surface area contributed by atoms with Gasteiger partial charge in [-0.15, -0.1) is 0 Å². The van der Waals surface area contributed by atoms with E-state index >= 15 is 0 Å². The average molecular weight is 582 g/mol. The topological polar surface area (TPSA) is 141 Å². The van der Waals surface area contributed by atoms with E-state index in [1.165, 1.54) is 32.8 Å². The minimum absolute atomic E-state index is 0.0646. The van der Waals surface area contributed by atoms with Gasteiger partial charge in [-0.2, -0.15) is 0 Å². The van der Waals surface area contributed by atoms with Crippen molar-refractivity contribution in [2.24, 2.45) is 17.6 Å². The molecule has 1 unspecified atom stereocenters. The van der Waals surface area contributed by atoms with Crippen molar-refractivity contribution in [3.8, 4) is 23.0 Å². The Morgan fingerprint density at radius 3 is 2.45 bits per heavy atom. The van der Waals surface area contributed by atoms with Crippen molar-refractivity contribution in [2.45, 2.75) is 63.8 Å². The van der Waals surface area contributed by atoms with E-state index in [1.807, 2.05) is 18.2 Å². The zero-order valence-electron chi connectivity index (χ0n) is 24.6. The summed E-state index contributed by atoms with van der Waals surface area (Å²) in [4.78, 5) is 26.4. The lowest BCUT2D eigenvalue weighted by Gasteiger charge is -2.39. The van der Waals surface area contributed by atoms with Gasteiger partial charge in [-0.3, -0.25) is 9.59 Å². The maximum absolute atomic E-state index is 13.3. The molecule has 0 spiro atoms. The zero-order chi connectivity index (χ0) is 29.6. The second-order valence-electron chi connectivity index (χ2n) is 11.5. The fraction of sp³-hybridized carbons (Fsp3) is 0.562. The van der Waals surface area contributed by atoms with Crippen LogP contribution in [-0.4, -0.2) is 57.1 Å². The van der Waals surface area contributed by atoms with Gasteiger partial charge in [0, 0.05) is 24.8 Å². The lowest BCUT2D eigenvalue weighted by atomic mass is 9.65. The molecule has 0 aromatic heterocycles. The predicted molar refractivity (Wildman–Crippen MR) is 157 cm³/mol. The van der Waals surface area contributed by atoms with Crippen LogP contribution in [0, 0.1) is 18.8 Å². The molecule has 0 radical (unpaired) electrons. The van der Waals surface area contributed by atoms with Crippen molar-refractivity contribution < 1.29 is 33.6 Å². The predicted octanol–water partition coefficient (Wildman–Crippen LogP) is 3.81. The molecule has 10 nitrogen and oxygen atoms in total. The molecule has 228 valence electrons. The molecule has 2 aromatic rings. The number of nitrogens with two attached hydrogens (primary N) is 1. The van der Waals surface area contributed by atoms with Crippen LogP contribution in [0.4, 0.5) is 0 Å². The summed E-state index contributed by atoms with van der Waals surface area (Å²) >= 11 is 0. The summed E-state index contributed by atoms with van der Waals surface area (Å²) in [5.74, 6) is 0.0385. The van der Waals surface area contributed by atoms with Crippen molar-refractivity contribution in [3.63, 3.8) is 0 Å². The molecule has 2 heterocycles. The van der Waals surface area contributed by atoms with E-state index in [0.717, 1.165) is 42.6 Å². The third-order valence-electron chi connectivity index (χ3n) is 8.71. The number of fused-ring (bicyclic) bond motifs is 3. The number of rotatable bonds is 14. The van der Waals surface area contributed by atoms with Crippen LogP contribution in [0.1, 0.15) is 79.2 Å². The van der Waals surface area contributed by atoms with Crippen LogP contribution >= 0.6 is 0 Å². The maximum Gasteiger partial charge on any atom is 0.310 e. The van der Waals surface area contributed by atoms with Crippen LogP contribution in [0.2, 0.25) is 0 Å². The van der Waals surface area contributed by atoms with Crippen molar-refractivity contribution >= 4 is 11.9 Å². The molecule has 1 fully saturated rings. The highest BCUT2D eigenvalue weighted by molar-refractivity contribution is 5.81. The summed E-state index contributed by atoms with van der Waals surface area (Å²) < 4.78 is 22.5. The number of benzene rings is 2. The SMILES string of the molecule is COc1cc(C2c3cc4c(cc3[C@@H](NC(=O)CCNCCCCCCCCN)[C@H]3COC(=O)[C@H]23)OCO4)cc(C)c1O. The highest BCUT2D eigenvalue weighted by Crippen LogP contribution is 2.55. The molecule has 3 aliphatic rings. The Hall–Kier alpha value is -3.50. The van der Waals surface area contributed by atoms with Crippen LogP contribution < -0.4 is 30.6 Å². The lowest BCUT2D eigenvalue weighted by Crippen LogP contribution is -2.43. The van der Waals surface area contributed by atoms with Crippen molar-refractivity contribution in [1.29, 1.82) is 0 Å². The number of carbonyl (C=O) groups excluding carboxylic acids is 2. The molecular formula is C32H43N3O7. The van der Waals surface area contributed by atoms with E-state index in [2.05, 4.69) is 10.6 Å². The van der Waals surface area contributed by atoms with Gasteiger partial charge in [-0.25, -0.2) is 0 Å². The minimum Gasteiger partial charge on any atom is -0.504 e. The van der Waals surface area contributed by atoms with Crippen LogP contribution in [0.15, 0.2) is 24.3 Å². The summed E-state index contributed by atoms with van der Waals surface area (Å²) in [6.07, 6.45) is 7.30. The number of hydrogen-bond donors (Lipinski definition) is 4. The molecule has 4 atom stereocenters. The molecule has 5 N–H and O–H groups in total. The summed E-state index contributed by atoms with van der Waals surface area (Å²) in [7, 11) is 1.50. The first kappa shape index (κ1) is 30.0. The van der Waals surface area contributed by atoms with Gasteiger partial charge in [0.1, 0.15) is 0 Å². The highest BCUT2D eigenvalue weighted by Gasteiger charge is 2.53. The number of methoxy groups -OCH3 is 1. The molecular weight excluding hydrogens is 538 g/mol. The Morgan fingerprint density at radius 2 is 1.71 bits per heavy atom. The number of carbonyl (C=O) groups is 2. The molecule has 2 aromatic carbocycles. The Bertz CT molecular complexity index is 1280. The standard InChI is InChI=1S/C32H43N3O7/c1-19-13-20(14-26(39-2)31(19)37)28-21-15-24-25(42-18-41-24)16-22(21)30(23-17-40-32(38)29(23)28)35-27(36)9-12-34-11-8-6-4-3-5-7-10-33/h13-16,23,28-30,34,37H,3-12,17-18,33H2,1-2H3,(H,35,36)/t23-,28?,29-,30+/m0/s1. The normalized spacial score (nSPS) is 21.9. The van der Waals surface area contributed by atoms with E-state index in [4.69, 9.17) is 24.7 Å². The number of ether oxygens (including phenoxy) is 4. The number of phenolic OH excluding ortho intramolecular Hbond substituents is 1. The quantitative estimate of drug-likeness (QED) is 0.194. The Balaban J connectivity index is 1.33. The third-order valence-corrected chi connectivity index (χ3v) is 8.71. The van der Waals surface area contributed by atoms with Crippen molar-refractivity contribution in [2.75, 3.05) is 40.1 Å². The van der Waals surface area contributed by atoms with E-state index in [1.54, 1.807) is 13.0 Å². The van der Waals surface area contributed by atoms with Gasteiger partial charge in [0.25, 0.3) is 0 Å². The summed E-state index contributed by atoms with van der Waals surface area (Å²) in [5, 5.41) is 17.1. The molecule has 0 saturated carbocycles. The van der Waals surface area contributed by atoms with E-state index in [-0.39, 0.29) is 42.9 Å². The number of hydrogen-bond acceptors (Lipinski definition) is 9. The second kappa shape index (κ2) is 13.6. The smallest absolute Gasteiger partial charge is 0.310 e. The Labute approximate surface area is 247 Å². The number of nitrogens with one attached hydrogen (secondary N) is 2. The van der Waals surface area contributed by atoms with Crippen LogP contribution in [0.3, 0.4) is 0 Å². The van der Waals surface area contributed by atoms with Gasteiger partial charge in [-0.1, -0.05) is 31.7 Å². The third kappa shape index (κ3) is 6.29. The zero-order valence-corrected chi connectivity index (χ0v) is 24.6. The molecule has 5 rings (SSSR count). The molecule has 2 aliphatic heterocycles. The summed E-state index contributed by atoms with van der Waals surface area (Å²) in [6.45, 7) is 4.34. The van der Waals surface area contributed by atoms with Gasteiger partial charge in [0.15, 0.2) is 23.0 Å². The first-order valence-electron chi connectivity index (χ1n) is 15.1. The average Bonchev–Trinajstić information content (AvgIpc) is 3.60. The van der Waals surface area contributed by atoms with Crippen LogP contribution in [-0.2, 0) is 14.3 Å². The fourth-order valence-electron chi connectivity index (χ4n) is 6.53. The number of phenols is 1. The molecule has 1 saturated heterocycles. The largest absolute Gasteiger partial charge is 0.504 e. The highest BCUT2D eigenvalue weighted by atomic mass is 16.7. The Kier molecular flexibility index (Phi) is 9.74. The van der Waals surface area contributed by atoms with Crippen LogP contribution in [0.5, 0.6) is 23.0 Å². The number of unbranched alkanes of at least 4 members (excludes halogenated alkanes) is 5. The number of aryl methyl sites for hydroxylation is 1. The van der Waals surface area contributed by atoms with Gasteiger partial charge in [0.05, 0.1) is 25.7 Å². The lowest BCUT2D eigenvalue weighted by molar-refractivity contribution is -0.141. The molecule has 10 heteroatoms. The number of esters is 1. The minimum atomic E-state index is -0.528. The van der Waals surface area contributed by atoms with Crippen molar-refractivity contribution in [3.05, 3.63) is 46.5 Å². The first-order chi connectivity index (χ1) is 20.4. The summed E-state index contributed by atoms with van der Waals surface area (Å²) in [6, 6.07) is 7.06. The van der Waals surface area contributed by atoms with Gasteiger partial charge >= 0.3 is 5.97 Å². The van der Waals surface area contributed by atoms with Gasteiger partial charge in [-0.05, 0) is 73.3 Å². The number of aromatic hydroxyl groups is 1. The van der Waals surface area contributed by atoms with Gasteiger partial charge in [0.2, 0.25) is 12.7 Å². The fourth-order valence-corrected chi connectivity index (χ4v) is 6.53. The second-order valence-corrected chi connectivity index (χ2v) is 11.5. The molecule has 42 heavy (non-hydrogen) atoms. The van der Waals surface area contributed by atoms with E-state index < -0.39 is 12.0 Å². The number of amides is 1. The van der Waals surface area contributed by atoms with E-state index in [0.29, 0.717) is 35.8 Å².